The standard InChI is InChI=1S/C16H20N2O/c1-2-12-10-16(18-13-6-5-9-19-11-13)14-7-3-4-8-15(14)17-12/h3-4,7-8,10,13H,2,5-6,9,11H2,1H3,(H,17,18). The average molecular weight is 256 g/mol. The van der Waals surface area contributed by atoms with Crippen molar-refractivity contribution in [3.05, 3.63) is 36.0 Å². The first-order valence-corrected chi connectivity index (χ1v) is 7.10. The lowest BCUT2D eigenvalue weighted by atomic mass is 10.1. The number of nitrogens with zero attached hydrogens (tertiary/aromatic N) is 1. The van der Waals surface area contributed by atoms with Gasteiger partial charge in [-0.05, 0) is 31.4 Å². The second-order valence-electron chi connectivity index (χ2n) is 5.09. The van der Waals surface area contributed by atoms with Crippen LogP contribution in [0.4, 0.5) is 5.69 Å². The third-order valence-corrected chi connectivity index (χ3v) is 3.65. The molecule has 1 fully saturated rings. The smallest absolute Gasteiger partial charge is 0.0726 e. The molecule has 1 atom stereocenters. The van der Waals surface area contributed by atoms with Crippen LogP contribution in [0.2, 0.25) is 0 Å². The van der Waals surface area contributed by atoms with E-state index in [1.54, 1.807) is 0 Å². The van der Waals surface area contributed by atoms with Gasteiger partial charge in [0.05, 0.1) is 12.1 Å². The Morgan fingerprint density at radius 2 is 2.26 bits per heavy atom. The summed E-state index contributed by atoms with van der Waals surface area (Å²) in [5.41, 5.74) is 3.40. The Balaban J connectivity index is 1.95. The number of benzene rings is 1. The van der Waals surface area contributed by atoms with Crippen LogP contribution >= 0.6 is 0 Å². The van der Waals surface area contributed by atoms with Gasteiger partial charge in [0.1, 0.15) is 0 Å². The van der Waals surface area contributed by atoms with Crippen LogP contribution in [0.15, 0.2) is 30.3 Å². The van der Waals surface area contributed by atoms with E-state index in [2.05, 4.69) is 41.5 Å². The van der Waals surface area contributed by atoms with Gasteiger partial charge >= 0.3 is 0 Å². The number of aryl methyl sites for hydroxylation is 1. The fraction of sp³-hybridized carbons (Fsp3) is 0.438. The molecule has 1 aliphatic rings. The summed E-state index contributed by atoms with van der Waals surface area (Å²) >= 11 is 0. The van der Waals surface area contributed by atoms with Crippen molar-refractivity contribution < 1.29 is 4.74 Å². The molecule has 3 rings (SSSR count). The molecule has 0 bridgehead atoms. The van der Waals surface area contributed by atoms with Crippen LogP contribution in [0.1, 0.15) is 25.5 Å². The van der Waals surface area contributed by atoms with Gasteiger partial charge in [-0.25, -0.2) is 0 Å². The molecule has 3 nitrogen and oxygen atoms in total. The number of pyridine rings is 1. The van der Waals surface area contributed by atoms with Gasteiger partial charge in [0.15, 0.2) is 0 Å². The van der Waals surface area contributed by atoms with Crippen LogP contribution in [0.3, 0.4) is 0 Å². The number of rotatable bonds is 3. The van der Waals surface area contributed by atoms with Gasteiger partial charge in [-0.2, -0.15) is 0 Å². The van der Waals surface area contributed by atoms with E-state index < -0.39 is 0 Å². The Morgan fingerprint density at radius 3 is 3.05 bits per heavy atom. The monoisotopic (exact) mass is 256 g/mol. The summed E-state index contributed by atoms with van der Waals surface area (Å²) in [6, 6.07) is 10.9. The van der Waals surface area contributed by atoms with Gasteiger partial charge in [-0.1, -0.05) is 25.1 Å². The Labute approximate surface area is 114 Å². The first kappa shape index (κ1) is 12.4. The lowest BCUT2D eigenvalue weighted by molar-refractivity contribution is 0.0876. The van der Waals surface area contributed by atoms with E-state index in [4.69, 9.17) is 4.74 Å². The summed E-state index contributed by atoms with van der Waals surface area (Å²) in [4.78, 5) is 4.68. The summed E-state index contributed by atoms with van der Waals surface area (Å²) in [5, 5.41) is 4.83. The van der Waals surface area contributed by atoms with Crippen molar-refractivity contribution in [2.45, 2.75) is 32.2 Å². The zero-order valence-corrected chi connectivity index (χ0v) is 11.4. The predicted molar refractivity (Wildman–Crippen MR) is 78.6 cm³/mol. The molecule has 0 saturated carbocycles. The lowest BCUT2D eigenvalue weighted by Crippen LogP contribution is -2.30. The van der Waals surface area contributed by atoms with Crippen molar-refractivity contribution in [2.24, 2.45) is 0 Å². The zero-order chi connectivity index (χ0) is 13.1. The van der Waals surface area contributed by atoms with Crippen molar-refractivity contribution in [3.8, 4) is 0 Å². The number of hydrogen-bond acceptors (Lipinski definition) is 3. The van der Waals surface area contributed by atoms with E-state index in [9.17, 15) is 0 Å². The fourth-order valence-corrected chi connectivity index (χ4v) is 2.61. The average Bonchev–Trinajstić information content (AvgIpc) is 2.48. The molecule has 0 amide bonds. The maximum absolute atomic E-state index is 5.54. The van der Waals surface area contributed by atoms with E-state index >= 15 is 0 Å². The van der Waals surface area contributed by atoms with E-state index in [1.165, 1.54) is 17.5 Å². The highest BCUT2D eigenvalue weighted by Crippen LogP contribution is 2.25. The number of nitrogens with one attached hydrogen (secondary N) is 1. The van der Waals surface area contributed by atoms with Crippen molar-refractivity contribution in [1.29, 1.82) is 0 Å². The molecule has 1 N–H and O–H groups in total. The summed E-state index contributed by atoms with van der Waals surface area (Å²) in [6.45, 7) is 3.85. The van der Waals surface area contributed by atoms with Gasteiger partial charge in [-0.15, -0.1) is 0 Å². The molecule has 1 aromatic heterocycles. The Kier molecular flexibility index (Phi) is 3.65. The molecule has 1 unspecified atom stereocenters. The quantitative estimate of drug-likeness (QED) is 0.914. The van der Waals surface area contributed by atoms with Crippen LogP contribution in [0.5, 0.6) is 0 Å². The first-order chi connectivity index (χ1) is 9.36. The number of anilines is 1. The lowest BCUT2D eigenvalue weighted by Gasteiger charge is -2.25. The number of ether oxygens (including phenoxy) is 1. The van der Waals surface area contributed by atoms with Gasteiger partial charge in [0, 0.05) is 29.4 Å². The van der Waals surface area contributed by atoms with Crippen LogP contribution < -0.4 is 5.32 Å². The SMILES string of the molecule is CCc1cc(NC2CCCOC2)c2ccccc2n1. The van der Waals surface area contributed by atoms with Crippen LogP contribution in [-0.4, -0.2) is 24.2 Å². The molecular formula is C16H20N2O. The second-order valence-corrected chi connectivity index (χ2v) is 5.09. The van der Waals surface area contributed by atoms with Crippen molar-refractivity contribution in [3.63, 3.8) is 0 Å². The normalized spacial score (nSPS) is 19.5. The largest absolute Gasteiger partial charge is 0.379 e. The summed E-state index contributed by atoms with van der Waals surface area (Å²) in [7, 11) is 0. The molecule has 1 saturated heterocycles. The maximum Gasteiger partial charge on any atom is 0.0726 e. The minimum atomic E-state index is 0.421. The third-order valence-electron chi connectivity index (χ3n) is 3.65. The highest BCUT2D eigenvalue weighted by molar-refractivity contribution is 5.91. The highest BCUT2D eigenvalue weighted by atomic mass is 16.5. The molecular weight excluding hydrogens is 236 g/mol. The molecule has 100 valence electrons. The van der Waals surface area contributed by atoms with Crippen LogP contribution in [0.25, 0.3) is 10.9 Å². The van der Waals surface area contributed by atoms with Crippen LogP contribution in [0, 0.1) is 0 Å². The molecule has 0 radical (unpaired) electrons. The molecule has 0 spiro atoms. The van der Waals surface area contributed by atoms with Crippen LogP contribution in [-0.2, 0) is 11.2 Å². The molecule has 1 aliphatic heterocycles. The molecule has 3 heteroatoms. The maximum atomic E-state index is 5.54. The predicted octanol–water partition coefficient (Wildman–Crippen LogP) is 3.39. The molecule has 1 aromatic carbocycles. The molecule has 2 aromatic rings. The number of hydrogen-bond donors (Lipinski definition) is 1. The van der Waals surface area contributed by atoms with Crippen molar-refractivity contribution in [1.82, 2.24) is 4.98 Å². The van der Waals surface area contributed by atoms with Gasteiger partial charge in [0.25, 0.3) is 0 Å². The number of para-hydroxylation sites is 1. The van der Waals surface area contributed by atoms with E-state index in [0.717, 1.165) is 37.3 Å². The van der Waals surface area contributed by atoms with Gasteiger partial charge < -0.3 is 10.1 Å². The minimum absolute atomic E-state index is 0.421. The fourth-order valence-electron chi connectivity index (χ4n) is 2.61. The third kappa shape index (κ3) is 2.71. The summed E-state index contributed by atoms with van der Waals surface area (Å²) in [6.07, 6.45) is 3.28. The molecule has 0 aliphatic carbocycles. The first-order valence-electron chi connectivity index (χ1n) is 7.10. The second kappa shape index (κ2) is 5.57. The molecule has 19 heavy (non-hydrogen) atoms. The molecule has 2 heterocycles. The van der Waals surface area contributed by atoms with Crippen molar-refractivity contribution in [2.75, 3.05) is 18.5 Å². The topological polar surface area (TPSA) is 34.1 Å². The highest BCUT2D eigenvalue weighted by Gasteiger charge is 2.15. The number of fused-ring (bicyclic) bond motifs is 1. The van der Waals surface area contributed by atoms with Crippen molar-refractivity contribution >= 4 is 16.6 Å². The van der Waals surface area contributed by atoms with Gasteiger partial charge in [0.2, 0.25) is 0 Å². The zero-order valence-electron chi connectivity index (χ0n) is 11.4. The summed E-state index contributed by atoms with van der Waals surface area (Å²) < 4.78 is 5.54. The number of aromatic nitrogens is 1. The van der Waals surface area contributed by atoms with E-state index in [1.807, 2.05) is 6.07 Å². The minimum Gasteiger partial charge on any atom is -0.379 e. The Bertz CT molecular complexity index is 562. The van der Waals surface area contributed by atoms with Gasteiger partial charge in [-0.3, -0.25) is 4.98 Å². The van der Waals surface area contributed by atoms with E-state index in [0.29, 0.717) is 6.04 Å². The summed E-state index contributed by atoms with van der Waals surface area (Å²) in [5.74, 6) is 0. The Hall–Kier alpha value is -1.61. The Morgan fingerprint density at radius 1 is 1.37 bits per heavy atom. The van der Waals surface area contributed by atoms with E-state index in [-0.39, 0.29) is 0 Å².